The van der Waals surface area contributed by atoms with Gasteiger partial charge in [0.15, 0.2) is 5.82 Å². The van der Waals surface area contributed by atoms with Gasteiger partial charge in [0, 0.05) is 11.8 Å². The third-order valence-electron chi connectivity index (χ3n) is 1.85. The lowest BCUT2D eigenvalue weighted by Crippen LogP contribution is -2.04. The van der Waals surface area contributed by atoms with Crippen LogP contribution in [-0.2, 0) is 6.61 Å². The third-order valence-corrected chi connectivity index (χ3v) is 2.40. The van der Waals surface area contributed by atoms with Gasteiger partial charge in [-0.2, -0.15) is 5.10 Å². The van der Waals surface area contributed by atoms with Gasteiger partial charge in [0.05, 0.1) is 22.6 Å². The predicted octanol–water partition coefficient (Wildman–Crippen LogP) is 1.50. The smallest absolute Gasteiger partial charge is 0.159 e. The fourth-order valence-electron chi connectivity index (χ4n) is 1.21. The van der Waals surface area contributed by atoms with Crippen LogP contribution in [0.3, 0.4) is 0 Å². The predicted molar refractivity (Wildman–Crippen MR) is 60.0 cm³/mol. The molecule has 0 aliphatic rings. The highest BCUT2D eigenvalue weighted by Gasteiger charge is 2.08. The Bertz CT molecular complexity index is 486. The van der Waals surface area contributed by atoms with Gasteiger partial charge >= 0.3 is 0 Å². The van der Waals surface area contributed by atoms with Crippen LogP contribution in [0.1, 0.15) is 5.56 Å². The first-order chi connectivity index (χ1) is 7.20. The third kappa shape index (κ3) is 2.15. The molecule has 0 aromatic carbocycles. The van der Waals surface area contributed by atoms with E-state index in [1.54, 1.807) is 12.4 Å². The number of hydrogen-bond acceptors (Lipinski definition) is 3. The first-order valence-electron chi connectivity index (χ1n) is 4.16. The number of rotatable bonds is 2. The Morgan fingerprint density at radius 1 is 1.47 bits per heavy atom. The van der Waals surface area contributed by atoms with Gasteiger partial charge < -0.3 is 5.11 Å². The Morgan fingerprint density at radius 2 is 2.27 bits per heavy atom. The largest absolute Gasteiger partial charge is 0.392 e. The van der Waals surface area contributed by atoms with E-state index in [0.717, 1.165) is 9.77 Å². The van der Waals surface area contributed by atoms with Crippen molar-refractivity contribution in [1.29, 1.82) is 0 Å². The van der Waals surface area contributed by atoms with Gasteiger partial charge in [-0.05, 0) is 28.7 Å². The van der Waals surface area contributed by atoms with Crippen molar-refractivity contribution < 1.29 is 9.50 Å². The zero-order valence-corrected chi connectivity index (χ0v) is 9.72. The molecule has 2 aromatic rings. The maximum Gasteiger partial charge on any atom is 0.159 e. The van der Waals surface area contributed by atoms with Gasteiger partial charge in [-0.25, -0.2) is 14.1 Å². The normalized spacial score (nSPS) is 10.6. The average molecular weight is 319 g/mol. The number of pyridine rings is 1. The molecule has 0 amide bonds. The Labute approximate surface area is 98.9 Å². The zero-order chi connectivity index (χ0) is 10.8. The number of nitrogens with zero attached hydrogens (tertiary/aromatic N) is 3. The second kappa shape index (κ2) is 4.23. The van der Waals surface area contributed by atoms with Crippen molar-refractivity contribution in [2.75, 3.05) is 0 Å². The molecule has 0 aliphatic heterocycles. The van der Waals surface area contributed by atoms with Crippen LogP contribution in [0, 0.1) is 9.39 Å². The molecule has 0 saturated heterocycles. The molecule has 0 aliphatic carbocycles. The van der Waals surface area contributed by atoms with Crippen LogP contribution in [0.5, 0.6) is 0 Å². The molecule has 0 saturated carbocycles. The monoisotopic (exact) mass is 319 g/mol. The summed E-state index contributed by atoms with van der Waals surface area (Å²) in [7, 11) is 0. The van der Waals surface area contributed by atoms with E-state index in [1.807, 2.05) is 0 Å². The standard InChI is InChI=1S/C9H7FIN3O/c10-7-1-6(5-15)9(12-2-7)14-4-8(11)3-13-14/h1-4,15H,5H2. The second-order valence-corrected chi connectivity index (χ2v) is 4.14. The minimum Gasteiger partial charge on any atom is -0.392 e. The van der Waals surface area contributed by atoms with E-state index in [9.17, 15) is 4.39 Å². The molecule has 15 heavy (non-hydrogen) atoms. The number of hydrogen-bond donors (Lipinski definition) is 1. The van der Waals surface area contributed by atoms with Gasteiger partial charge in [-0.1, -0.05) is 0 Å². The number of aliphatic hydroxyl groups is 1. The highest BCUT2D eigenvalue weighted by atomic mass is 127. The van der Waals surface area contributed by atoms with E-state index in [0.29, 0.717) is 11.4 Å². The van der Waals surface area contributed by atoms with Crippen molar-refractivity contribution in [2.24, 2.45) is 0 Å². The highest BCUT2D eigenvalue weighted by molar-refractivity contribution is 14.1. The lowest BCUT2D eigenvalue weighted by Gasteiger charge is -2.05. The molecule has 0 bridgehead atoms. The number of aliphatic hydroxyl groups excluding tert-OH is 1. The summed E-state index contributed by atoms with van der Waals surface area (Å²) in [5.41, 5.74) is 0.412. The van der Waals surface area contributed by atoms with Crippen molar-refractivity contribution in [1.82, 2.24) is 14.8 Å². The van der Waals surface area contributed by atoms with Crippen molar-refractivity contribution in [3.8, 4) is 5.82 Å². The highest BCUT2D eigenvalue weighted by Crippen LogP contribution is 2.13. The Kier molecular flexibility index (Phi) is 2.96. The van der Waals surface area contributed by atoms with Crippen LogP contribution >= 0.6 is 22.6 Å². The fourth-order valence-corrected chi connectivity index (χ4v) is 1.60. The molecule has 6 heteroatoms. The van der Waals surface area contributed by atoms with E-state index in [2.05, 4.69) is 32.7 Å². The molecule has 4 nitrogen and oxygen atoms in total. The molecule has 0 fully saturated rings. The van der Waals surface area contributed by atoms with Gasteiger partial charge in [0.2, 0.25) is 0 Å². The molecule has 0 unspecified atom stereocenters. The van der Waals surface area contributed by atoms with Crippen LogP contribution in [-0.4, -0.2) is 19.9 Å². The zero-order valence-electron chi connectivity index (χ0n) is 7.56. The maximum absolute atomic E-state index is 12.9. The summed E-state index contributed by atoms with van der Waals surface area (Å²) in [6, 6.07) is 1.25. The molecule has 0 spiro atoms. The van der Waals surface area contributed by atoms with E-state index < -0.39 is 5.82 Å². The summed E-state index contributed by atoms with van der Waals surface area (Å²) >= 11 is 2.11. The fraction of sp³-hybridized carbons (Fsp3) is 0.111. The lowest BCUT2D eigenvalue weighted by molar-refractivity contribution is 0.280. The summed E-state index contributed by atoms with van der Waals surface area (Å²) < 4.78 is 15.3. The summed E-state index contributed by atoms with van der Waals surface area (Å²) in [5, 5.41) is 13.1. The van der Waals surface area contributed by atoms with E-state index in [4.69, 9.17) is 5.11 Å². The molecule has 2 heterocycles. The second-order valence-electron chi connectivity index (χ2n) is 2.90. The minimum absolute atomic E-state index is 0.267. The van der Waals surface area contributed by atoms with Crippen molar-refractivity contribution in [3.63, 3.8) is 0 Å². The summed E-state index contributed by atoms with van der Waals surface area (Å²) in [4.78, 5) is 3.89. The lowest BCUT2D eigenvalue weighted by atomic mass is 10.2. The van der Waals surface area contributed by atoms with E-state index >= 15 is 0 Å². The quantitative estimate of drug-likeness (QED) is 0.854. The van der Waals surface area contributed by atoms with Crippen LogP contribution in [0.2, 0.25) is 0 Å². The van der Waals surface area contributed by atoms with E-state index in [-0.39, 0.29) is 6.61 Å². The van der Waals surface area contributed by atoms with E-state index in [1.165, 1.54) is 10.7 Å². The SMILES string of the molecule is OCc1cc(F)cnc1-n1cc(I)cn1. The molecule has 0 atom stereocenters. The molecule has 0 radical (unpaired) electrons. The Balaban J connectivity index is 2.52. The molecular weight excluding hydrogens is 312 g/mol. The van der Waals surface area contributed by atoms with Gasteiger partial charge in [0.1, 0.15) is 5.82 Å². The van der Waals surface area contributed by atoms with Crippen molar-refractivity contribution in [2.45, 2.75) is 6.61 Å². The molecule has 1 N–H and O–H groups in total. The topological polar surface area (TPSA) is 50.9 Å². The first kappa shape index (κ1) is 10.5. The summed E-state index contributed by atoms with van der Waals surface area (Å²) in [6.45, 7) is -0.267. The van der Waals surface area contributed by atoms with Gasteiger partial charge in [-0.3, -0.25) is 0 Å². The maximum atomic E-state index is 12.9. The number of aromatic nitrogens is 3. The molecule has 2 rings (SSSR count). The van der Waals surface area contributed by atoms with Gasteiger partial charge in [0.25, 0.3) is 0 Å². The minimum atomic E-state index is -0.468. The van der Waals surface area contributed by atoms with Crippen LogP contribution in [0.15, 0.2) is 24.7 Å². The Morgan fingerprint density at radius 3 is 2.87 bits per heavy atom. The molecular formula is C9H7FIN3O. The Hall–Kier alpha value is -1.02. The number of halogens is 2. The summed E-state index contributed by atoms with van der Waals surface area (Å²) in [5.74, 6) is -0.0218. The molecule has 2 aromatic heterocycles. The first-order valence-corrected chi connectivity index (χ1v) is 5.24. The van der Waals surface area contributed by atoms with Crippen LogP contribution in [0.25, 0.3) is 5.82 Å². The van der Waals surface area contributed by atoms with Crippen molar-refractivity contribution in [3.05, 3.63) is 39.6 Å². The van der Waals surface area contributed by atoms with Crippen LogP contribution in [0.4, 0.5) is 4.39 Å². The molecule has 78 valence electrons. The van der Waals surface area contributed by atoms with Gasteiger partial charge in [-0.15, -0.1) is 0 Å². The average Bonchev–Trinajstić information content (AvgIpc) is 2.64. The summed E-state index contributed by atoms with van der Waals surface area (Å²) in [6.07, 6.45) is 4.51. The van der Waals surface area contributed by atoms with Crippen molar-refractivity contribution >= 4 is 22.6 Å². The van der Waals surface area contributed by atoms with Crippen LogP contribution < -0.4 is 0 Å².